The number of hydrogen-bond donors (Lipinski definition) is 2. The van der Waals surface area contributed by atoms with Gasteiger partial charge in [0.15, 0.2) is 0 Å². The Balaban J connectivity index is 1.74. The molecule has 4 heteroatoms. The van der Waals surface area contributed by atoms with Gasteiger partial charge in [0, 0.05) is 45.5 Å². The van der Waals surface area contributed by atoms with Crippen molar-refractivity contribution >= 4 is 5.82 Å². The van der Waals surface area contributed by atoms with E-state index < -0.39 is 0 Å². The molecule has 0 spiro atoms. The smallest absolute Gasteiger partial charge is 0.105 e. The Kier molecular flexibility index (Phi) is 3.85. The zero-order valence-electron chi connectivity index (χ0n) is 10.2. The fraction of sp³-hybridized carbons (Fsp3) is 0.667. The molecule has 2 N–H and O–H groups in total. The van der Waals surface area contributed by atoms with Crippen LogP contribution in [0.25, 0.3) is 0 Å². The minimum atomic E-state index is 0.635. The molecule has 0 aromatic carbocycles. The van der Waals surface area contributed by atoms with E-state index in [-0.39, 0.29) is 0 Å². The van der Waals surface area contributed by atoms with Gasteiger partial charge in [-0.3, -0.25) is 0 Å². The van der Waals surface area contributed by atoms with E-state index in [9.17, 15) is 0 Å². The fourth-order valence-electron chi connectivity index (χ4n) is 2.21. The van der Waals surface area contributed by atoms with E-state index >= 15 is 0 Å². The first-order valence-corrected chi connectivity index (χ1v) is 6.02. The summed E-state index contributed by atoms with van der Waals surface area (Å²) in [5, 5.41) is 3.57. The van der Waals surface area contributed by atoms with Gasteiger partial charge in [-0.1, -0.05) is 0 Å². The van der Waals surface area contributed by atoms with Crippen LogP contribution >= 0.6 is 0 Å². The molecule has 1 unspecified atom stereocenters. The van der Waals surface area contributed by atoms with Gasteiger partial charge in [0.2, 0.25) is 0 Å². The first-order chi connectivity index (χ1) is 7.75. The van der Waals surface area contributed by atoms with Crippen LogP contribution in [0, 0.1) is 0 Å². The Morgan fingerprint density at radius 1 is 1.56 bits per heavy atom. The molecule has 1 aliphatic rings. The lowest BCUT2D eigenvalue weighted by molar-refractivity contribution is 0.233. The number of anilines is 1. The Hall–Kier alpha value is -1.00. The Bertz CT molecular complexity index is 296. The van der Waals surface area contributed by atoms with Crippen molar-refractivity contribution in [1.82, 2.24) is 15.2 Å². The highest BCUT2D eigenvalue weighted by molar-refractivity contribution is 5.37. The molecule has 1 saturated heterocycles. The summed E-state index contributed by atoms with van der Waals surface area (Å²) >= 11 is 0. The maximum absolute atomic E-state index is 3.57. The monoisotopic (exact) mass is 222 g/mol. The van der Waals surface area contributed by atoms with Gasteiger partial charge in [-0.05, 0) is 25.6 Å². The second-order valence-corrected chi connectivity index (χ2v) is 4.68. The van der Waals surface area contributed by atoms with Crippen molar-refractivity contribution in [2.45, 2.75) is 12.5 Å². The highest BCUT2D eigenvalue weighted by atomic mass is 15.2. The third-order valence-electron chi connectivity index (χ3n) is 3.26. The predicted molar refractivity (Wildman–Crippen MR) is 68.0 cm³/mol. The van der Waals surface area contributed by atoms with Crippen LogP contribution in [0.5, 0.6) is 0 Å². The molecule has 0 amide bonds. The number of likely N-dealkylation sites (N-methyl/N-ethyl adjacent to an activating group) is 1. The van der Waals surface area contributed by atoms with Crippen molar-refractivity contribution in [2.75, 3.05) is 45.2 Å². The number of hydrogen-bond acceptors (Lipinski definition) is 3. The lowest BCUT2D eigenvalue weighted by atomic mass is 10.1. The molecular formula is C12H22N4. The van der Waals surface area contributed by atoms with Crippen molar-refractivity contribution in [2.24, 2.45) is 0 Å². The number of nitrogens with one attached hydrogen (secondary N) is 2. The first kappa shape index (κ1) is 11.5. The number of rotatable bonds is 4. The Labute approximate surface area is 97.6 Å². The zero-order valence-corrected chi connectivity index (χ0v) is 10.2. The molecule has 0 bridgehead atoms. The minimum Gasteiger partial charge on any atom is -0.361 e. The number of piperazine rings is 1. The number of nitrogens with zero attached hydrogens (tertiary/aromatic N) is 2. The van der Waals surface area contributed by atoms with Crippen LogP contribution in [0.15, 0.2) is 18.3 Å². The second kappa shape index (κ2) is 5.37. The van der Waals surface area contributed by atoms with Crippen LogP contribution in [0.4, 0.5) is 5.82 Å². The summed E-state index contributed by atoms with van der Waals surface area (Å²) in [6, 6.07) is 4.79. The van der Waals surface area contributed by atoms with Crippen molar-refractivity contribution in [1.29, 1.82) is 0 Å². The van der Waals surface area contributed by atoms with Crippen molar-refractivity contribution in [3.63, 3.8) is 0 Å². The van der Waals surface area contributed by atoms with Crippen LogP contribution in [-0.4, -0.2) is 56.2 Å². The van der Waals surface area contributed by atoms with Gasteiger partial charge < -0.3 is 20.1 Å². The fourth-order valence-corrected chi connectivity index (χ4v) is 2.21. The maximum atomic E-state index is 3.57. The molecular weight excluding hydrogens is 200 g/mol. The largest absolute Gasteiger partial charge is 0.361 e. The standard InChI is InChI=1S/C12H22N4/c1-15-9-7-13-11(10-15)5-8-16(2)12-4-3-6-14-12/h3-4,6,11,13-14H,5,7-10H2,1-2H3. The minimum absolute atomic E-state index is 0.635. The average Bonchev–Trinajstić information content (AvgIpc) is 2.79. The molecule has 0 radical (unpaired) electrons. The van der Waals surface area contributed by atoms with Gasteiger partial charge >= 0.3 is 0 Å². The van der Waals surface area contributed by atoms with Crippen molar-refractivity contribution in [3.05, 3.63) is 18.3 Å². The lowest BCUT2D eigenvalue weighted by Crippen LogP contribution is -2.49. The molecule has 4 nitrogen and oxygen atoms in total. The summed E-state index contributed by atoms with van der Waals surface area (Å²) in [7, 11) is 4.33. The average molecular weight is 222 g/mol. The SMILES string of the molecule is CN1CCNC(CCN(C)c2ccc[nH]2)C1. The van der Waals surface area contributed by atoms with E-state index in [1.807, 2.05) is 12.3 Å². The first-order valence-electron chi connectivity index (χ1n) is 6.02. The highest BCUT2D eigenvalue weighted by Crippen LogP contribution is 2.09. The molecule has 0 saturated carbocycles. The normalized spacial score (nSPS) is 22.2. The molecule has 1 atom stereocenters. The molecule has 90 valence electrons. The van der Waals surface area contributed by atoms with Crippen LogP contribution in [0.2, 0.25) is 0 Å². The van der Waals surface area contributed by atoms with E-state index in [4.69, 9.17) is 0 Å². The van der Waals surface area contributed by atoms with Crippen LogP contribution in [0.3, 0.4) is 0 Å². The van der Waals surface area contributed by atoms with Crippen molar-refractivity contribution < 1.29 is 0 Å². The summed E-state index contributed by atoms with van der Waals surface area (Å²) in [6.07, 6.45) is 3.17. The summed E-state index contributed by atoms with van der Waals surface area (Å²) < 4.78 is 0. The third kappa shape index (κ3) is 3.00. The van der Waals surface area contributed by atoms with E-state index in [0.29, 0.717) is 6.04 Å². The Morgan fingerprint density at radius 2 is 2.44 bits per heavy atom. The zero-order chi connectivity index (χ0) is 11.4. The predicted octanol–water partition coefficient (Wildman–Crippen LogP) is 0.745. The summed E-state index contributed by atoms with van der Waals surface area (Å²) in [6.45, 7) is 4.54. The molecule has 0 aliphatic carbocycles. The van der Waals surface area contributed by atoms with Gasteiger partial charge in [-0.25, -0.2) is 0 Å². The molecule has 16 heavy (non-hydrogen) atoms. The molecule has 1 aromatic heterocycles. The topological polar surface area (TPSA) is 34.3 Å². The second-order valence-electron chi connectivity index (χ2n) is 4.68. The lowest BCUT2D eigenvalue weighted by Gasteiger charge is -2.32. The van der Waals surface area contributed by atoms with E-state index in [0.717, 1.165) is 13.1 Å². The molecule has 1 fully saturated rings. The van der Waals surface area contributed by atoms with E-state index in [1.165, 1.54) is 25.3 Å². The maximum Gasteiger partial charge on any atom is 0.105 e. The van der Waals surface area contributed by atoms with Gasteiger partial charge in [-0.2, -0.15) is 0 Å². The molecule has 2 rings (SSSR count). The van der Waals surface area contributed by atoms with Crippen molar-refractivity contribution in [3.8, 4) is 0 Å². The van der Waals surface area contributed by atoms with Gasteiger partial charge in [0.05, 0.1) is 0 Å². The van der Waals surface area contributed by atoms with E-state index in [1.54, 1.807) is 0 Å². The van der Waals surface area contributed by atoms with Crippen LogP contribution < -0.4 is 10.2 Å². The summed E-state index contributed by atoms with van der Waals surface area (Å²) in [4.78, 5) is 7.90. The molecule has 1 aliphatic heterocycles. The highest BCUT2D eigenvalue weighted by Gasteiger charge is 2.16. The van der Waals surface area contributed by atoms with Gasteiger partial charge in [0.1, 0.15) is 5.82 Å². The Morgan fingerprint density at radius 3 is 3.12 bits per heavy atom. The number of aromatic nitrogens is 1. The van der Waals surface area contributed by atoms with Crippen LogP contribution in [-0.2, 0) is 0 Å². The summed E-state index contributed by atoms with van der Waals surface area (Å²) in [5.74, 6) is 1.20. The summed E-state index contributed by atoms with van der Waals surface area (Å²) in [5.41, 5.74) is 0. The molecule has 2 heterocycles. The molecule has 1 aromatic rings. The number of H-pyrrole nitrogens is 1. The number of aromatic amines is 1. The quantitative estimate of drug-likeness (QED) is 0.789. The van der Waals surface area contributed by atoms with E-state index in [2.05, 4.69) is 40.3 Å². The van der Waals surface area contributed by atoms with Gasteiger partial charge in [-0.15, -0.1) is 0 Å². The third-order valence-corrected chi connectivity index (χ3v) is 3.26. The van der Waals surface area contributed by atoms with Gasteiger partial charge in [0.25, 0.3) is 0 Å². The van der Waals surface area contributed by atoms with Crippen LogP contribution in [0.1, 0.15) is 6.42 Å².